The first-order valence-electron chi connectivity index (χ1n) is 5.51. The molecular weight excluding hydrogens is 272 g/mol. The maximum absolute atomic E-state index is 3.64. The first kappa shape index (κ1) is 11.6. The lowest BCUT2D eigenvalue weighted by atomic mass is 10.1. The van der Waals surface area contributed by atoms with Gasteiger partial charge in [-0.05, 0) is 54.3 Å². The second-order valence-corrected chi connectivity index (χ2v) is 5.90. The van der Waals surface area contributed by atoms with Crippen molar-refractivity contribution >= 4 is 27.3 Å². The van der Waals surface area contributed by atoms with Crippen LogP contribution in [-0.2, 0) is 6.54 Å². The van der Waals surface area contributed by atoms with E-state index in [0.29, 0.717) is 6.04 Å². The van der Waals surface area contributed by atoms with E-state index in [4.69, 9.17) is 0 Å². The van der Waals surface area contributed by atoms with Crippen molar-refractivity contribution in [3.63, 3.8) is 0 Å². The minimum Gasteiger partial charge on any atom is -0.317 e. The van der Waals surface area contributed by atoms with Gasteiger partial charge in [0.05, 0.1) is 0 Å². The van der Waals surface area contributed by atoms with E-state index in [2.05, 4.69) is 38.0 Å². The molecule has 1 saturated heterocycles. The summed E-state index contributed by atoms with van der Waals surface area (Å²) in [5.74, 6) is 0. The zero-order valence-electron chi connectivity index (χ0n) is 8.76. The zero-order chi connectivity index (χ0) is 10.5. The number of thiophene rings is 1. The van der Waals surface area contributed by atoms with Crippen LogP contribution in [0.3, 0.4) is 0 Å². The Morgan fingerprint density at radius 3 is 3.20 bits per heavy atom. The standard InChI is InChI=1S/C11H17BrN2S/c12-9-6-11(15-8-9)7-14-10-2-1-4-13-5-3-10/h6,8,10,13-14H,1-5,7H2. The molecule has 2 N–H and O–H groups in total. The molecule has 0 radical (unpaired) electrons. The second-order valence-electron chi connectivity index (χ2n) is 3.99. The summed E-state index contributed by atoms with van der Waals surface area (Å²) in [6, 6.07) is 2.90. The summed E-state index contributed by atoms with van der Waals surface area (Å²) in [5.41, 5.74) is 0. The van der Waals surface area contributed by atoms with Gasteiger partial charge in [0.25, 0.3) is 0 Å². The number of halogens is 1. The molecule has 2 nitrogen and oxygen atoms in total. The lowest BCUT2D eigenvalue weighted by molar-refractivity contribution is 0.470. The van der Waals surface area contributed by atoms with Gasteiger partial charge >= 0.3 is 0 Å². The normalized spacial score (nSPS) is 22.6. The van der Waals surface area contributed by atoms with Crippen molar-refractivity contribution < 1.29 is 0 Å². The Kier molecular flexibility index (Phi) is 4.62. The Hall–Kier alpha value is 0.1000. The Labute approximate surface area is 104 Å². The fraction of sp³-hybridized carbons (Fsp3) is 0.636. The molecule has 1 unspecified atom stereocenters. The van der Waals surface area contributed by atoms with Gasteiger partial charge in [0.2, 0.25) is 0 Å². The number of hydrogen-bond acceptors (Lipinski definition) is 3. The molecule has 0 aliphatic carbocycles. The maximum Gasteiger partial charge on any atom is 0.0302 e. The smallest absolute Gasteiger partial charge is 0.0302 e. The molecule has 0 aromatic carbocycles. The van der Waals surface area contributed by atoms with Crippen LogP contribution in [0.25, 0.3) is 0 Å². The Morgan fingerprint density at radius 2 is 2.40 bits per heavy atom. The number of rotatable bonds is 3. The van der Waals surface area contributed by atoms with Gasteiger partial charge in [-0.2, -0.15) is 0 Å². The summed E-state index contributed by atoms with van der Waals surface area (Å²) >= 11 is 5.30. The molecule has 0 bridgehead atoms. The minimum absolute atomic E-state index is 0.695. The third-order valence-corrected chi connectivity index (χ3v) is 4.46. The van der Waals surface area contributed by atoms with Gasteiger partial charge in [-0.15, -0.1) is 11.3 Å². The lowest BCUT2D eigenvalue weighted by Gasteiger charge is -2.14. The highest BCUT2D eigenvalue weighted by atomic mass is 79.9. The van der Waals surface area contributed by atoms with Crippen molar-refractivity contribution in [2.75, 3.05) is 13.1 Å². The lowest BCUT2D eigenvalue weighted by Crippen LogP contribution is -2.29. The van der Waals surface area contributed by atoms with Gasteiger partial charge in [-0.3, -0.25) is 0 Å². The predicted octanol–water partition coefficient (Wildman–Crippen LogP) is 2.74. The van der Waals surface area contributed by atoms with Gasteiger partial charge in [-0.25, -0.2) is 0 Å². The van der Waals surface area contributed by atoms with E-state index in [1.54, 1.807) is 0 Å². The van der Waals surface area contributed by atoms with Crippen molar-refractivity contribution in [1.29, 1.82) is 0 Å². The van der Waals surface area contributed by atoms with Crippen LogP contribution < -0.4 is 10.6 Å². The van der Waals surface area contributed by atoms with Crippen molar-refractivity contribution in [1.82, 2.24) is 10.6 Å². The summed E-state index contributed by atoms with van der Waals surface area (Å²) in [6.45, 7) is 3.36. The van der Waals surface area contributed by atoms with E-state index >= 15 is 0 Å². The fourth-order valence-corrected chi connectivity index (χ4v) is 3.32. The van der Waals surface area contributed by atoms with Gasteiger partial charge in [-0.1, -0.05) is 0 Å². The molecule has 0 saturated carbocycles. The largest absolute Gasteiger partial charge is 0.317 e. The van der Waals surface area contributed by atoms with Gasteiger partial charge in [0.1, 0.15) is 0 Å². The van der Waals surface area contributed by atoms with Crippen LogP contribution in [-0.4, -0.2) is 19.1 Å². The third-order valence-electron chi connectivity index (χ3n) is 2.76. The first-order valence-corrected chi connectivity index (χ1v) is 7.19. The maximum atomic E-state index is 3.64. The molecule has 1 fully saturated rings. The Morgan fingerprint density at radius 1 is 1.47 bits per heavy atom. The molecule has 4 heteroatoms. The van der Waals surface area contributed by atoms with E-state index in [0.717, 1.165) is 13.1 Å². The van der Waals surface area contributed by atoms with Gasteiger partial charge in [0.15, 0.2) is 0 Å². The molecule has 1 atom stereocenters. The molecule has 1 aliphatic rings. The molecule has 0 spiro atoms. The van der Waals surface area contributed by atoms with E-state index in [1.165, 1.54) is 35.2 Å². The highest BCUT2D eigenvalue weighted by Gasteiger charge is 2.11. The summed E-state index contributed by atoms with van der Waals surface area (Å²) < 4.78 is 1.20. The summed E-state index contributed by atoms with van der Waals surface area (Å²) in [5, 5.41) is 9.22. The summed E-state index contributed by atoms with van der Waals surface area (Å²) in [7, 11) is 0. The molecule has 1 aromatic rings. The summed E-state index contributed by atoms with van der Waals surface area (Å²) in [4.78, 5) is 1.42. The van der Waals surface area contributed by atoms with E-state index in [9.17, 15) is 0 Å². The van der Waals surface area contributed by atoms with Crippen molar-refractivity contribution in [2.24, 2.45) is 0 Å². The number of nitrogens with one attached hydrogen (secondary N) is 2. The Balaban J connectivity index is 1.76. The monoisotopic (exact) mass is 288 g/mol. The van der Waals surface area contributed by atoms with Crippen molar-refractivity contribution in [3.8, 4) is 0 Å². The number of hydrogen-bond donors (Lipinski definition) is 2. The van der Waals surface area contributed by atoms with Crippen LogP contribution in [0, 0.1) is 0 Å². The van der Waals surface area contributed by atoms with Crippen molar-refractivity contribution in [3.05, 3.63) is 20.8 Å². The van der Waals surface area contributed by atoms with Crippen LogP contribution >= 0.6 is 27.3 Å². The van der Waals surface area contributed by atoms with E-state index in [1.807, 2.05) is 11.3 Å². The van der Waals surface area contributed by atoms with Crippen LogP contribution in [0.5, 0.6) is 0 Å². The molecule has 84 valence electrons. The molecule has 2 heterocycles. The van der Waals surface area contributed by atoms with Gasteiger partial charge in [0, 0.05) is 27.3 Å². The first-order chi connectivity index (χ1) is 7.34. The fourth-order valence-electron chi connectivity index (χ4n) is 1.91. The summed E-state index contributed by atoms with van der Waals surface area (Å²) in [6.07, 6.45) is 3.86. The van der Waals surface area contributed by atoms with Crippen LogP contribution in [0.15, 0.2) is 15.9 Å². The van der Waals surface area contributed by atoms with Crippen molar-refractivity contribution in [2.45, 2.75) is 31.8 Å². The van der Waals surface area contributed by atoms with Gasteiger partial charge < -0.3 is 10.6 Å². The highest BCUT2D eigenvalue weighted by molar-refractivity contribution is 9.10. The molecule has 15 heavy (non-hydrogen) atoms. The third kappa shape index (κ3) is 3.87. The molecule has 1 aromatic heterocycles. The predicted molar refractivity (Wildman–Crippen MR) is 69.4 cm³/mol. The molecule has 2 rings (SSSR count). The average molecular weight is 289 g/mol. The van der Waals surface area contributed by atoms with Crippen LogP contribution in [0.4, 0.5) is 0 Å². The molecule has 1 aliphatic heterocycles. The average Bonchev–Trinajstić information content (AvgIpc) is 2.52. The van der Waals surface area contributed by atoms with E-state index < -0.39 is 0 Å². The SMILES string of the molecule is Brc1csc(CNC2CCCNCC2)c1. The second kappa shape index (κ2) is 5.99. The molecule has 0 amide bonds. The topological polar surface area (TPSA) is 24.1 Å². The molecular formula is C11H17BrN2S. The quantitative estimate of drug-likeness (QED) is 0.894. The van der Waals surface area contributed by atoms with Crippen LogP contribution in [0.1, 0.15) is 24.1 Å². The zero-order valence-corrected chi connectivity index (χ0v) is 11.2. The van der Waals surface area contributed by atoms with Crippen LogP contribution in [0.2, 0.25) is 0 Å². The Bertz CT molecular complexity index is 293. The highest BCUT2D eigenvalue weighted by Crippen LogP contribution is 2.19. The minimum atomic E-state index is 0.695. The van der Waals surface area contributed by atoms with E-state index in [-0.39, 0.29) is 0 Å².